The highest BCUT2D eigenvalue weighted by molar-refractivity contribution is 5.29. The molecule has 1 N–H and O–H groups in total. The highest BCUT2D eigenvalue weighted by atomic mass is 16.5. The van der Waals surface area contributed by atoms with Gasteiger partial charge in [-0.2, -0.15) is 0 Å². The first-order valence-electron chi connectivity index (χ1n) is 8.32. The Balaban J connectivity index is 2.01. The van der Waals surface area contributed by atoms with Crippen molar-refractivity contribution in [3.05, 3.63) is 29.8 Å². The smallest absolute Gasteiger partial charge is 0.118 e. The number of benzene rings is 1. The van der Waals surface area contributed by atoms with Gasteiger partial charge < -0.3 is 15.0 Å². The number of hydrogen-bond donors (Lipinski definition) is 1. The average molecular weight is 290 g/mol. The van der Waals surface area contributed by atoms with Gasteiger partial charge in [0.05, 0.1) is 7.11 Å². The Kier molecular flexibility index (Phi) is 6.52. The van der Waals surface area contributed by atoms with Crippen molar-refractivity contribution in [2.24, 2.45) is 5.92 Å². The fraction of sp³-hybridized carbons (Fsp3) is 0.667. The molecule has 3 heteroatoms. The van der Waals surface area contributed by atoms with Gasteiger partial charge in [0.15, 0.2) is 0 Å². The molecule has 1 fully saturated rings. The maximum Gasteiger partial charge on any atom is 0.118 e. The first kappa shape index (κ1) is 16.3. The number of rotatable bonds is 7. The van der Waals surface area contributed by atoms with Crippen molar-refractivity contribution in [3.63, 3.8) is 0 Å². The molecule has 0 spiro atoms. The maximum atomic E-state index is 5.26. The summed E-state index contributed by atoms with van der Waals surface area (Å²) in [7, 11) is 1.72. The third kappa shape index (κ3) is 5.01. The molecule has 0 aromatic heterocycles. The Morgan fingerprint density at radius 3 is 2.71 bits per heavy atom. The summed E-state index contributed by atoms with van der Waals surface area (Å²) in [5.74, 6) is 1.76. The monoisotopic (exact) mass is 290 g/mol. The van der Waals surface area contributed by atoms with Gasteiger partial charge in [-0.25, -0.2) is 0 Å². The number of methoxy groups -OCH3 is 1. The van der Waals surface area contributed by atoms with Crippen LogP contribution in [0, 0.1) is 5.92 Å². The van der Waals surface area contributed by atoms with Crippen LogP contribution in [-0.2, 0) is 0 Å². The molecule has 1 aliphatic rings. The molecule has 2 atom stereocenters. The van der Waals surface area contributed by atoms with Crippen molar-refractivity contribution in [1.29, 1.82) is 0 Å². The lowest BCUT2D eigenvalue weighted by atomic mass is 9.98. The third-order valence-electron chi connectivity index (χ3n) is 4.34. The minimum Gasteiger partial charge on any atom is -0.497 e. The van der Waals surface area contributed by atoms with E-state index in [1.807, 2.05) is 0 Å². The summed E-state index contributed by atoms with van der Waals surface area (Å²) >= 11 is 0. The summed E-state index contributed by atoms with van der Waals surface area (Å²) in [6, 6.07) is 8.93. The molecule has 1 aromatic rings. The van der Waals surface area contributed by atoms with Gasteiger partial charge in [-0.3, -0.25) is 0 Å². The second-order valence-electron chi connectivity index (χ2n) is 6.29. The normalized spacial score (nSPS) is 21.2. The summed E-state index contributed by atoms with van der Waals surface area (Å²) in [6.45, 7) is 9.25. The van der Waals surface area contributed by atoms with Gasteiger partial charge in [0.2, 0.25) is 0 Å². The van der Waals surface area contributed by atoms with E-state index in [0.717, 1.165) is 24.8 Å². The molecule has 118 valence electrons. The van der Waals surface area contributed by atoms with E-state index < -0.39 is 0 Å². The molecule has 0 aliphatic carbocycles. The minimum atomic E-state index is 0.418. The Hall–Kier alpha value is -1.06. The second kappa shape index (κ2) is 8.40. The van der Waals surface area contributed by atoms with Crippen LogP contribution in [0.1, 0.15) is 44.7 Å². The second-order valence-corrected chi connectivity index (χ2v) is 6.29. The van der Waals surface area contributed by atoms with Crippen LogP contribution in [0.4, 0.5) is 0 Å². The number of ether oxygens (including phenoxy) is 1. The van der Waals surface area contributed by atoms with Gasteiger partial charge in [0, 0.05) is 19.1 Å². The van der Waals surface area contributed by atoms with E-state index in [9.17, 15) is 0 Å². The molecular weight excluding hydrogens is 260 g/mol. The summed E-state index contributed by atoms with van der Waals surface area (Å²) in [5.41, 5.74) is 1.36. The molecule has 0 radical (unpaired) electrons. The molecule has 0 bridgehead atoms. The predicted molar refractivity (Wildman–Crippen MR) is 88.9 cm³/mol. The molecular formula is C18H30N2O. The summed E-state index contributed by atoms with van der Waals surface area (Å²) in [4.78, 5) is 2.62. The molecule has 1 heterocycles. The maximum absolute atomic E-state index is 5.26. The molecule has 3 nitrogen and oxygen atoms in total. The van der Waals surface area contributed by atoms with E-state index >= 15 is 0 Å². The molecule has 2 unspecified atom stereocenters. The van der Waals surface area contributed by atoms with Crippen LogP contribution >= 0.6 is 0 Å². The summed E-state index contributed by atoms with van der Waals surface area (Å²) < 4.78 is 5.26. The third-order valence-corrected chi connectivity index (χ3v) is 4.34. The quantitative estimate of drug-likeness (QED) is 0.832. The van der Waals surface area contributed by atoms with Crippen LogP contribution in [0.3, 0.4) is 0 Å². The van der Waals surface area contributed by atoms with Crippen LogP contribution in [0.15, 0.2) is 24.3 Å². The van der Waals surface area contributed by atoms with E-state index in [0.29, 0.717) is 6.04 Å². The molecule has 1 aliphatic heterocycles. The zero-order valence-electron chi connectivity index (χ0n) is 13.8. The van der Waals surface area contributed by atoms with E-state index in [4.69, 9.17) is 4.74 Å². The van der Waals surface area contributed by atoms with Gasteiger partial charge in [0.25, 0.3) is 0 Å². The van der Waals surface area contributed by atoms with E-state index in [1.165, 1.54) is 37.9 Å². The molecule has 1 saturated heterocycles. The Morgan fingerprint density at radius 2 is 2.10 bits per heavy atom. The van der Waals surface area contributed by atoms with Crippen molar-refractivity contribution in [1.82, 2.24) is 10.2 Å². The van der Waals surface area contributed by atoms with Crippen molar-refractivity contribution in [2.45, 2.75) is 39.2 Å². The summed E-state index contributed by atoms with van der Waals surface area (Å²) in [6.07, 6.45) is 3.89. The fourth-order valence-electron chi connectivity index (χ4n) is 3.15. The number of piperidine rings is 1. The van der Waals surface area contributed by atoms with Crippen molar-refractivity contribution in [2.75, 3.05) is 33.3 Å². The molecule has 1 aromatic carbocycles. The number of nitrogens with zero attached hydrogens (tertiary/aromatic N) is 1. The zero-order chi connectivity index (χ0) is 15.1. The van der Waals surface area contributed by atoms with Gasteiger partial charge in [-0.15, -0.1) is 0 Å². The van der Waals surface area contributed by atoms with Crippen molar-refractivity contribution < 1.29 is 4.74 Å². The highest BCUT2D eigenvalue weighted by Crippen LogP contribution is 2.22. The first-order valence-corrected chi connectivity index (χ1v) is 8.32. The van der Waals surface area contributed by atoms with E-state index in [2.05, 4.69) is 48.3 Å². The van der Waals surface area contributed by atoms with Crippen molar-refractivity contribution >= 4 is 0 Å². The number of hydrogen-bond acceptors (Lipinski definition) is 3. The van der Waals surface area contributed by atoms with Gasteiger partial charge >= 0.3 is 0 Å². The van der Waals surface area contributed by atoms with Crippen molar-refractivity contribution in [3.8, 4) is 5.75 Å². The Bertz CT molecular complexity index is 404. The molecule has 2 rings (SSSR count). The van der Waals surface area contributed by atoms with Crippen LogP contribution in [-0.4, -0.2) is 38.2 Å². The fourth-order valence-corrected chi connectivity index (χ4v) is 3.15. The summed E-state index contributed by atoms with van der Waals surface area (Å²) in [5, 5.41) is 3.70. The predicted octanol–water partition coefficient (Wildman–Crippen LogP) is 3.47. The lowest BCUT2D eigenvalue weighted by Crippen LogP contribution is -2.40. The minimum absolute atomic E-state index is 0.418. The topological polar surface area (TPSA) is 24.5 Å². The van der Waals surface area contributed by atoms with Crippen LogP contribution in [0.25, 0.3) is 0 Å². The highest BCUT2D eigenvalue weighted by Gasteiger charge is 2.20. The zero-order valence-corrected chi connectivity index (χ0v) is 13.8. The number of nitrogens with one attached hydrogen (secondary N) is 1. The molecule has 0 saturated carbocycles. The SMILES string of the molecule is CCCNC(CN1CCCC(C)C1)c1ccc(OC)cc1. The first-order chi connectivity index (χ1) is 10.2. The lowest BCUT2D eigenvalue weighted by molar-refractivity contribution is 0.167. The van der Waals surface area contributed by atoms with Gasteiger partial charge in [-0.1, -0.05) is 26.0 Å². The standard InChI is InChI=1S/C18H30N2O/c1-4-11-19-18(14-20-12-5-6-15(2)13-20)16-7-9-17(21-3)10-8-16/h7-10,15,18-19H,4-6,11-14H2,1-3H3. The number of likely N-dealkylation sites (tertiary alicyclic amines) is 1. The van der Waals surface area contributed by atoms with Crippen LogP contribution in [0.2, 0.25) is 0 Å². The van der Waals surface area contributed by atoms with E-state index in [-0.39, 0.29) is 0 Å². The molecule has 0 amide bonds. The molecule has 21 heavy (non-hydrogen) atoms. The van der Waals surface area contributed by atoms with Gasteiger partial charge in [-0.05, 0) is 56.0 Å². The van der Waals surface area contributed by atoms with E-state index in [1.54, 1.807) is 7.11 Å². The average Bonchev–Trinajstić information content (AvgIpc) is 2.51. The Morgan fingerprint density at radius 1 is 1.33 bits per heavy atom. The Labute approximate surface area is 129 Å². The van der Waals surface area contributed by atoms with Crippen LogP contribution in [0.5, 0.6) is 5.75 Å². The lowest BCUT2D eigenvalue weighted by Gasteiger charge is -2.34. The van der Waals surface area contributed by atoms with Crippen LogP contribution < -0.4 is 10.1 Å². The van der Waals surface area contributed by atoms with Gasteiger partial charge in [0.1, 0.15) is 5.75 Å². The largest absolute Gasteiger partial charge is 0.497 e.